The van der Waals surface area contributed by atoms with Crippen LogP contribution < -0.4 is 5.73 Å². The van der Waals surface area contributed by atoms with Crippen molar-refractivity contribution in [2.75, 3.05) is 0 Å². The van der Waals surface area contributed by atoms with E-state index in [2.05, 4.69) is 253 Å². The van der Waals surface area contributed by atoms with Gasteiger partial charge in [0.15, 0.2) is 0 Å². The van der Waals surface area contributed by atoms with Crippen molar-refractivity contribution in [1.82, 2.24) is 9.13 Å². The van der Waals surface area contributed by atoms with E-state index in [1.807, 2.05) is 41.0 Å². The minimum atomic E-state index is -0.529. The van der Waals surface area contributed by atoms with Crippen LogP contribution in [0, 0.1) is 5.41 Å². The molecule has 2 aliphatic carbocycles. The highest BCUT2D eigenvalue weighted by molar-refractivity contribution is 6.21. The van der Waals surface area contributed by atoms with Crippen molar-refractivity contribution >= 4 is 55.4 Å². The number of hydrogen-bond donors (Lipinski definition) is 2. The molecular weight excluding hydrogens is 923 g/mol. The minimum Gasteiger partial charge on any atom is -0.383 e. The Morgan fingerprint density at radius 1 is 0.368 bits per heavy atom. The summed E-state index contributed by atoms with van der Waals surface area (Å²) < 4.78 is 4.36. The zero-order valence-electron chi connectivity index (χ0n) is 41.9. The van der Waals surface area contributed by atoms with Crippen molar-refractivity contribution in [3.8, 4) is 22.3 Å². The molecule has 360 valence electrons. The summed E-state index contributed by atoms with van der Waals surface area (Å²) in [7, 11) is 2.21. The number of aliphatic imine (C=N–C) groups is 1. The number of amidine groups is 1. The molecule has 15 rings (SSSR count). The Kier molecular flexibility index (Phi) is 10.4. The van der Waals surface area contributed by atoms with Gasteiger partial charge in [-0.05, 0) is 67.8 Å². The fourth-order valence-corrected chi connectivity index (χ4v) is 13.2. The quantitative estimate of drug-likeness (QED) is 0.131. The number of benzene rings is 11. The second-order valence-corrected chi connectivity index (χ2v) is 19.9. The molecule has 2 heterocycles. The van der Waals surface area contributed by atoms with Crippen molar-refractivity contribution in [1.29, 1.82) is 5.41 Å². The second kappa shape index (κ2) is 17.7. The van der Waals surface area contributed by atoms with Crippen molar-refractivity contribution in [2.45, 2.75) is 10.8 Å². The van der Waals surface area contributed by atoms with Crippen LogP contribution in [0.2, 0.25) is 0 Å². The van der Waals surface area contributed by atoms with Gasteiger partial charge in [0.1, 0.15) is 5.84 Å². The maximum Gasteiger partial charge on any atom is 0.229 e. The highest BCUT2D eigenvalue weighted by atomic mass is 15.2. The lowest BCUT2D eigenvalue weighted by Crippen LogP contribution is -2.28. The van der Waals surface area contributed by atoms with Crippen LogP contribution in [0.4, 0.5) is 0 Å². The predicted molar refractivity (Wildman–Crippen MR) is 315 cm³/mol. The Bertz CT molecular complexity index is 4340. The summed E-state index contributed by atoms with van der Waals surface area (Å²) in [6.45, 7) is 0. The largest absolute Gasteiger partial charge is 0.383 e. The topological polar surface area (TPSA) is 72.1 Å². The molecule has 2 aromatic heterocycles. The van der Waals surface area contributed by atoms with Crippen LogP contribution in [-0.2, 0) is 17.9 Å². The van der Waals surface area contributed by atoms with E-state index >= 15 is 0 Å². The molecule has 3 N–H and O–H groups in total. The molecule has 5 nitrogen and oxygen atoms in total. The zero-order valence-corrected chi connectivity index (χ0v) is 41.9. The van der Waals surface area contributed by atoms with Gasteiger partial charge in [-0.2, -0.15) is 4.99 Å². The maximum atomic E-state index is 9.36. The normalized spacial score (nSPS) is 13.7. The van der Waals surface area contributed by atoms with E-state index in [0.29, 0.717) is 5.84 Å². The molecule has 0 bridgehead atoms. The van der Waals surface area contributed by atoms with E-state index in [4.69, 9.17) is 5.73 Å². The average molecular weight is 974 g/mol. The lowest BCUT2D eigenvalue weighted by molar-refractivity contribution is 0.769. The van der Waals surface area contributed by atoms with Crippen molar-refractivity contribution in [3.05, 3.63) is 323 Å². The molecule has 0 fully saturated rings. The van der Waals surface area contributed by atoms with Crippen LogP contribution in [0.1, 0.15) is 50.1 Å². The van der Waals surface area contributed by atoms with Gasteiger partial charge >= 0.3 is 0 Å². The Balaban J connectivity index is 0.000000144. The summed E-state index contributed by atoms with van der Waals surface area (Å²) in [6, 6.07) is 97.1. The Morgan fingerprint density at radius 3 is 1.22 bits per heavy atom. The van der Waals surface area contributed by atoms with Gasteiger partial charge in [0.25, 0.3) is 0 Å². The molecule has 5 heteroatoms. The fourth-order valence-electron chi connectivity index (χ4n) is 13.2. The first-order valence-electron chi connectivity index (χ1n) is 26.0. The lowest BCUT2D eigenvalue weighted by atomic mass is 9.67. The summed E-state index contributed by atoms with van der Waals surface area (Å²) in [5, 5.41) is 14.1. The first-order chi connectivity index (χ1) is 37.5. The molecule has 11 aromatic carbocycles. The molecule has 0 amide bonds. The van der Waals surface area contributed by atoms with Crippen molar-refractivity contribution in [2.24, 2.45) is 17.8 Å². The summed E-state index contributed by atoms with van der Waals surface area (Å²) in [6.07, 6.45) is 0. The van der Waals surface area contributed by atoms with E-state index < -0.39 is 5.41 Å². The summed E-state index contributed by atoms with van der Waals surface area (Å²) in [4.78, 5) is 4.66. The van der Waals surface area contributed by atoms with Gasteiger partial charge in [-0.15, -0.1) is 0 Å². The van der Waals surface area contributed by atoms with Gasteiger partial charge in [0, 0.05) is 50.8 Å². The number of nitrogens with one attached hydrogen (secondary N) is 1. The average Bonchev–Trinajstić information content (AvgIpc) is 4.40. The van der Waals surface area contributed by atoms with Crippen LogP contribution in [-0.4, -0.2) is 20.9 Å². The van der Waals surface area contributed by atoms with Gasteiger partial charge < -0.3 is 10.3 Å². The number of nitrogens with zero attached hydrogens (tertiary/aromatic N) is 3. The van der Waals surface area contributed by atoms with E-state index in [1.54, 1.807) is 0 Å². The molecule has 0 unspecified atom stereocenters. The van der Waals surface area contributed by atoms with Gasteiger partial charge in [0.05, 0.1) is 27.4 Å². The smallest absolute Gasteiger partial charge is 0.229 e. The van der Waals surface area contributed by atoms with Crippen LogP contribution in [0.25, 0.3) is 65.9 Å². The molecule has 0 atom stereocenters. The monoisotopic (exact) mass is 973 g/mol. The Morgan fingerprint density at radius 2 is 0.737 bits per heavy atom. The minimum absolute atomic E-state index is 0.0790. The standard InChI is InChI=1S/C39H28N4.C32H23N/c40-37(26-14-4-1-5-15-26)42-38(41)43-34-23-13-11-20-29(34)30-24-25-33-35(36(30)43)31-21-10-12-22-32(31)39(33,27-16-6-2-7-17-27)28-18-8-3-9-19-28;1-33-29-19-11-9-16-24(29)25-20-21-28-30(31(25)33)26-17-8-10-18-27(26)32(28,22-12-4-2-5-13-22)23-14-6-3-7-15-23/h1-25H,(H3,40,41,42);2-21H,1H3. The third kappa shape index (κ3) is 6.39. The van der Waals surface area contributed by atoms with Crippen molar-refractivity contribution < 1.29 is 0 Å². The highest BCUT2D eigenvalue weighted by Gasteiger charge is 2.48. The van der Waals surface area contributed by atoms with Crippen LogP contribution in [0.3, 0.4) is 0 Å². The van der Waals surface area contributed by atoms with Crippen molar-refractivity contribution in [3.63, 3.8) is 0 Å². The van der Waals surface area contributed by atoms with Gasteiger partial charge in [-0.25, -0.2) is 0 Å². The SMILES string of the molecule is Cn1c2ccccc2c2ccc3c(c21)-c1ccccc1C3(c1ccccc1)c1ccccc1.N=C(/N=C(\N)c1ccccc1)n1c2ccccc2c2ccc3c(c21)-c1ccccc1C3(c1ccccc1)c1ccccc1. The first-order valence-corrected chi connectivity index (χ1v) is 26.0. The molecule has 0 aliphatic heterocycles. The fraction of sp³-hybridized carbons (Fsp3) is 0.0423. The Hall–Kier alpha value is -9.84. The molecular formula is C71H51N5. The van der Waals surface area contributed by atoms with Crippen LogP contribution in [0.15, 0.2) is 278 Å². The van der Waals surface area contributed by atoms with Gasteiger partial charge in [-0.3, -0.25) is 9.98 Å². The number of aromatic nitrogens is 2. The van der Waals surface area contributed by atoms with E-state index in [9.17, 15) is 5.41 Å². The summed E-state index contributed by atoms with van der Waals surface area (Å²) in [5.41, 5.74) is 26.0. The molecule has 0 radical (unpaired) electrons. The van der Waals surface area contributed by atoms with E-state index in [-0.39, 0.29) is 11.4 Å². The second-order valence-electron chi connectivity index (χ2n) is 19.9. The number of rotatable bonds is 5. The van der Waals surface area contributed by atoms with Gasteiger partial charge in [0.2, 0.25) is 5.96 Å². The van der Waals surface area contributed by atoms with E-state index in [0.717, 1.165) is 38.5 Å². The molecule has 13 aromatic rings. The summed E-state index contributed by atoms with van der Waals surface area (Å²) in [5.74, 6) is 0.391. The highest BCUT2D eigenvalue weighted by Crippen LogP contribution is 2.60. The zero-order chi connectivity index (χ0) is 51.0. The number of aryl methyl sites for hydroxylation is 1. The predicted octanol–water partition coefficient (Wildman–Crippen LogP) is 16.0. The molecule has 0 spiro atoms. The van der Waals surface area contributed by atoms with Crippen LogP contribution in [0.5, 0.6) is 0 Å². The third-order valence-electron chi connectivity index (χ3n) is 16.2. The van der Waals surface area contributed by atoms with E-state index in [1.165, 1.54) is 77.4 Å². The maximum absolute atomic E-state index is 9.36. The molecule has 0 saturated heterocycles. The molecule has 76 heavy (non-hydrogen) atoms. The molecule has 2 aliphatic rings. The first kappa shape index (κ1) is 44.8. The number of hydrogen-bond acceptors (Lipinski definition) is 1. The van der Waals surface area contributed by atoms with Crippen LogP contribution >= 0.6 is 0 Å². The van der Waals surface area contributed by atoms with Gasteiger partial charge in [-0.1, -0.05) is 261 Å². The lowest BCUT2D eigenvalue weighted by Gasteiger charge is -2.33. The third-order valence-corrected chi connectivity index (χ3v) is 16.2. The number of nitrogens with two attached hydrogens (primary N) is 1. The number of fused-ring (bicyclic) bond motifs is 14. The summed E-state index contributed by atoms with van der Waals surface area (Å²) >= 11 is 0. The Labute approximate surface area is 441 Å². The molecule has 0 saturated carbocycles. The number of para-hydroxylation sites is 2.